The third kappa shape index (κ3) is 3.10. The minimum Gasteiger partial charge on any atom is -0.250 e. The Morgan fingerprint density at radius 3 is 2.92 bits per heavy atom. The van der Waals surface area contributed by atoms with Gasteiger partial charge in [-0.25, -0.2) is 4.98 Å². The Kier molecular flexibility index (Phi) is 4.42. The van der Waals surface area contributed by atoms with E-state index in [1.165, 1.54) is 6.42 Å². The monoisotopic (exact) mass is 245 g/mol. The van der Waals surface area contributed by atoms with Crippen LogP contribution in [0.3, 0.4) is 0 Å². The predicted molar refractivity (Wildman–Crippen MR) is 57.0 cm³/mol. The van der Waals surface area contributed by atoms with Crippen molar-refractivity contribution in [3.8, 4) is 0 Å². The van der Waals surface area contributed by atoms with Gasteiger partial charge in [0, 0.05) is 17.8 Å². The van der Waals surface area contributed by atoms with Crippen LogP contribution in [0.5, 0.6) is 0 Å². The normalized spacial score (nSPS) is 13.2. The lowest BCUT2D eigenvalue weighted by Crippen LogP contribution is -2.06. The van der Waals surface area contributed by atoms with Gasteiger partial charge in [-0.1, -0.05) is 22.9 Å². The SMILES string of the molecule is CCC(Br)CCc1ncnn1CC. The molecule has 4 heteroatoms. The van der Waals surface area contributed by atoms with E-state index in [0.717, 1.165) is 25.2 Å². The van der Waals surface area contributed by atoms with Gasteiger partial charge in [0.15, 0.2) is 0 Å². The summed E-state index contributed by atoms with van der Waals surface area (Å²) in [6, 6.07) is 0. The highest BCUT2D eigenvalue weighted by Gasteiger charge is 2.05. The summed E-state index contributed by atoms with van der Waals surface area (Å²) in [5.41, 5.74) is 0. The molecule has 0 saturated heterocycles. The molecule has 0 amide bonds. The van der Waals surface area contributed by atoms with Crippen molar-refractivity contribution in [2.24, 2.45) is 0 Å². The van der Waals surface area contributed by atoms with Crippen LogP contribution in [0, 0.1) is 0 Å². The summed E-state index contributed by atoms with van der Waals surface area (Å²) in [5.74, 6) is 1.10. The minimum absolute atomic E-state index is 0.606. The summed E-state index contributed by atoms with van der Waals surface area (Å²) < 4.78 is 1.95. The molecular formula is C9H16BrN3. The highest BCUT2D eigenvalue weighted by atomic mass is 79.9. The highest BCUT2D eigenvalue weighted by molar-refractivity contribution is 9.09. The van der Waals surface area contributed by atoms with Crippen LogP contribution in [0.15, 0.2) is 6.33 Å². The fourth-order valence-electron chi connectivity index (χ4n) is 1.24. The predicted octanol–water partition coefficient (Wildman–Crippen LogP) is 2.40. The van der Waals surface area contributed by atoms with Gasteiger partial charge in [-0.3, -0.25) is 4.68 Å². The lowest BCUT2D eigenvalue weighted by molar-refractivity contribution is 0.596. The maximum atomic E-state index is 4.22. The maximum Gasteiger partial charge on any atom is 0.138 e. The second kappa shape index (κ2) is 5.37. The Labute approximate surface area is 87.7 Å². The fourth-order valence-corrected chi connectivity index (χ4v) is 1.46. The molecule has 0 saturated carbocycles. The first-order chi connectivity index (χ1) is 6.27. The van der Waals surface area contributed by atoms with E-state index in [0.29, 0.717) is 4.83 Å². The smallest absolute Gasteiger partial charge is 0.138 e. The summed E-state index contributed by atoms with van der Waals surface area (Å²) in [7, 11) is 0. The minimum atomic E-state index is 0.606. The molecule has 0 bridgehead atoms. The zero-order chi connectivity index (χ0) is 9.68. The first-order valence-corrected chi connectivity index (χ1v) is 5.70. The lowest BCUT2D eigenvalue weighted by atomic mass is 10.2. The number of aromatic nitrogens is 3. The average molecular weight is 246 g/mol. The van der Waals surface area contributed by atoms with Gasteiger partial charge in [-0.05, 0) is 19.8 Å². The van der Waals surface area contributed by atoms with Crippen LogP contribution in [0.25, 0.3) is 0 Å². The third-order valence-electron chi connectivity index (χ3n) is 2.12. The Balaban J connectivity index is 2.44. The van der Waals surface area contributed by atoms with Crippen molar-refractivity contribution in [2.45, 2.75) is 44.5 Å². The van der Waals surface area contributed by atoms with Crippen molar-refractivity contribution in [3.05, 3.63) is 12.2 Å². The van der Waals surface area contributed by atoms with Gasteiger partial charge in [0.05, 0.1) is 0 Å². The molecule has 1 unspecified atom stereocenters. The average Bonchev–Trinajstić information content (AvgIpc) is 2.61. The molecule has 0 spiro atoms. The number of hydrogen-bond donors (Lipinski definition) is 0. The maximum absolute atomic E-state index is 4.22. The van der Waals surface area contributed by atoms with Crippen molar-refractivity contribution in [2.75, 3.05) is 0 Å². The molecule has 0 N–H and O–H groups in total. The van der Waals surface area contributed by atoms with Crippen LogP contribution in [-0.4, -0.2) is 19.6 Å². The number of alkyl halides is 1. The van der Waals surface area contributed by atoms with Crippen molar-refractivity contribution < 1.29 is 0 Å². The van der Waals surface area contributed by atoms with E-state index >= 15 is 0 Å². The molecule has 3 nitrogen and oxygen atoms in total. The van der Waals surface area contributed by atoms with Gasteiger partial charge in [-0.15, -0.1) is 0 Å². The van der Waals surface area contributed by atoms with Crippen LogP contribution in [0.2, 0.25) is 0 Å². The van der Waals surface area contributed by atoms with E-state index in [9.17, 15) is 0 Å². The van der Waals surface area contributed by atoms with Gasteiger partial charge in [0.1, 0.15) is 12.2 Å². The zero-order valence-corrected chi connectivity index (χ0v) is 9.79. The highest BCUT2D eigenvalue weighted by Crippen LogP contribution is 2.12. The molecule has 74 valence electrons. The topological polar surface area (TPSA) is 30.7 Å². The lowest BCUT2D eigenvalue weighted by Gasteiger charge is -2.06. The Hall–Kier alpha value is -0.380. The van der Waals surface area contributed by atoms with Crippen molar-refractivity contribution in [3.63, 3.8) is 0 Å². The molecule has 0 radical (unpaired) electrons. The van der Waals surface area contributed by atoms with E-state index in [1.54, 1.807) is 6.33 Å². The summed E-state index contributed by atoms with van der Waals surface area (Å²) in [4.78, 5) is 4.83. The third-order valence-corrected chi connectivity index (χ3v) is 3.22. The number of aryl methyl sites for hydroxylation is 2. The van der Waals surface area contributed by atoms with Crippen molar-refractivity contribution in [1.82, 2.24) is 14.8 Å². The van der Waals surface area contributed by atoms with Gasteiger partial charge in [0.2, 0.25) is 0 Å². The summed E-state index contributed by atoms with van der Waals surface area (Å²) in [6.45, 7) is 5.18. The van der Waals surface area contributed by atoms with Gasteiger partial charge < -0.3 is 0 Å². The van der Waals surface area contributed by atoms with Gasteiger partial charge >= 0.3 is 0 Å². The molecule has 1 aromatic rings. The van der Waals surface area contributed by atoms with E-state index in [2.05, 4.69) is 39.9 Å². The van der Waals surface area contributed by atoms with Gasteiger partial charge in [-0.2, -0.15) is 5.10 Å². The van der Waals surface area contributed by atoms with E-state index in [4.69, 9.17) is 0 Å². The fraction of sp³-hybridized carbons (Fsp3) is 0.778. The number of hydrogen-bond acceptors (Lipinski definition) is 2. The van der Waals surface area contributed by atoms with E-state index in [-0.39, 0.29) is 0 Å². The van der Waals surface area contributed by atoms with Crippen LogP contribution >= 0.6 is 15.9 Å². The van der Waals surface area contributed by atoms with Crippen LogP contribution < -0.4 is 0 Å². The van der Waals surface area contributed by atoms with E-state index in [1.807, 2.05) is 4.68 Å². The Morgan fingerprint density at radius 1 is 1.54 bits per heavy atom. The van der Waals surface area contributed by atoms with Gasteiger partial charge in [0.25, 0.3) is 0 Å². The van der Waals surface area contributed by atoms with Crippen LogP contribution in [0.4, 0.5) is 0 Å². The number of halogens is 1. The molecule has 13 heavy (non-hydrogen) atoms. The zero-order valence-electron chi connectivity index (χ0n) is 8.20. The Bertz CT molecular complexity index is 247. The van der Waals surface area contributed by atoms with Crippen LogP contribution in [0.1, 0.15) is 32.5 Å². The number of nitrogens with zero attached hydrogens (tertiary/aromatic N) is 3. The van der Waals surface area contributed by atoms with Crippen LogP contribution in [-0.2, 0) is 13.0 Å². The second-order valence-corrected chi connectivity index (χ2v) is 4.33. The largest absolute Gasteiger partial charge is 0.250 e. The molecule has 0 aliphatic rings. The first-order valence-electron chi connectivity index (χ1n) is 4.78. The molecule has 0 aliphatic carbocycles. The molecule has 0 aliphatic heterocycles. The number of rotatable bonds is 5. The molecule has 0 fully saturated rings. The first kappa shape index (κ1) is 10.7. The molecular weight excluding hydrogens is 230 g/mol. The molecule has 1 aromatic heterocycles. The molecule has 0 aromatic carbocycles. The quantitative estimate of drug-likeness (QED) is 0.747. The summed E-state index contributed by atoms with van der Waals surface area (Å²) >= 11 is 3.61. The summed E-state index contributed by atoms with van der Waals surface area (Å²) in [6.07, 6.45) is 4.95. The van der Waals surface area contributed by atoms with Crippen molar-refractivity contribution in [1.29, 1.82) is 0 Å². The second-order valence-electron chi connectivity index (χ2n) is 3.04. The summed E-state index contributed by atoms with van der Waals surface area (Å²) in [5, 5.41) is 4.13. The Morgan fingerprint density at radius 2 is 2.31 bits per heavy atom. The molecule has 1 heterocycles. The molecule has 1 atom stereocenters. The van der Waals surface area contributed by atoms with E-state index < -0.39 is 0 Å². The molecule has 1 rings (SSSR count). The standard InChI is InChI=1S/C9H16BrN3/c1-3-8(10)5-6-9-11-7-12-13(9)4-2/h7-8H,3-6H2,1-2H3. The van der Waals surface area contributed by atoms with Crippen molar-refractivity contribution >= 4 is 15.9 Å².